The van der Waals surface area contributed by atoms with Crippen LogP contribution in [0.1, 0.15) is 6.42 Å². The van der Waals surface area contributed by atoms with Gasteiger partial charge in [-0.05, 0) is 31.0 Å². The summed E-state index contributed by atoms with van der Waals surface area (Å²) in [5, 5.41) is 11.0. The molecule has 1 heterocycles. The molecule has 1 aromatic carbocycles. The molecular weight excluding hydrogens is 350 g/mol. The van der Waals surface area contributed by atoms with Gasteiger partial charge in [0.05, 0.1) is 4.92 Å². The summed E-state index contributed by atoms with van der Waals surface area (Å²) in [6, 6.07) is 3.94. The van der Waals surface area contributed by atoms with E-state index in [-0.39, 0.29) is 10.8 Å². The third-order valence-corrected chi connectivity index (χ3v) is 5.72. The van der Waals surface area contributed by atoms with E-state index in [1.54, 1.807) is 0 Å². The molecule has 0 spiro atoms. The van der Waals surface area contributed by atoms with Crippen LogP contribution in [0.15, 0.2) is 27.6 Å². The summed E-state index contributed by atoms with van der Waals surface area (Å²) in [7, 11) is -3.86. The van der Waals surface area contributed by atoms with Crippen LogP contribution in [0.3, 0.4) is 0 Å². The fourth-order valence-corrected chi connectivity index (χ4v) is 4.22. The van der Waals surface area contributed by atoms with Gasteiger partial charge < -0.3 is 5.73 Å². The largest absolute Gasteiger partial charge is 0.330 e. The highest BCUT2D eigenvalue weighted by Crippen LogP contribution is 2.31. The molecule has 2 rings (SSSR count). The Morgan fingerprint density at radius 3 is 2.75 bits per heavy atom. The molecule has 0 radical (unpaired) electrons. The zero-order chi connectivity index (χ0) is 14.9. The summed E-state index contributed by atoms with van der Waals surface area (Å²) in [6.45, 7) is 1.07. The number of nitrogens with two attached hydrogens (primary N) is 1. The summed E-state index contributed by atoms with van der Waals surface area (Å²) in [4.78, 5) is 10.1. The van der Waals surface area contributed by atoms with Gasteiger partial charge in [-0.2, -0.15) is 4.31 Å². The average Bonchev–Trinajstić information content (AvgIpc) is 2.87. The highest BCUT2D eigenvalue weighted by molar-refractivity contribution is 9.10. The second-order valence-electron chi connectivity index (χ2n) is 4.62. The third-order valence-electron chi connectivity index (χ3n) is 3.32. The van der Waals surface area contributed by atoms with E-state index in [4.69, 9.17) is 5.73 Å². The van der Waals surface area contributed by atoms with E-state index in [0.29, 0.717) is 30.5 Å². The first-order valence-electron chi connectivity index (χ1n) is 6.00. The van der Waals surface area contributed by atoms with E-state index < -0.39 is 20.6 Å². The molecule has 1 aliphatic heterocycles. The summed E-state index contributed by atoms with van der Waals surface area (Å²) in [5.74, 6) is 0.110. The van der Waals surface area contributed by atoms with Crippen molar-refractivity contribution in [1.82, 2.24) is 4.31 Å². The van der Waals surface area contributed by atoms with Crippen LogP contribution in [0.25, 0.3) is 0 Å². The molecule has 0 aliphatic carbocycles. The van der Waals surface area contributed by atoms with Gasteiger partial charge in [-0.1, -0.05) is 15.9 Å². The second kappa shape index (κ2) is 5.76. The molecule has 110 valence electrons. The molecule has 2 N–H and O–H groups in total. The number of rotatable bonds is 4. The minimum Gasteiger partial charge on any atom is -0.330 e. The molecule has 20 heavy (non-hydrogen) atoms. The maximum atomic E-state index is 12.5. The lowest BCUT2D eigenvalue weighted by Crippen LogP contribution is -2.30. The fraction of sp³-hybridized carbons (Fsp3) is 0.455. The Balaban J connectivity index is 2.42. The minimum absolute atomic E-state index is 0.110. The Morgan fingerprint density at radius 1 is 1.50 bits per heavy atom. The Morgan fingerprint density at radius 2 is 2.20 bits per heavy atom. The fourth-order valence-electron chi connectivity index (χ4n) is 2.20. The molecule has 1 aliphatic rings. The zero-order valence-electron chi connectivity index (χ0n) is 10.5. The van der Waals surface area contributed by atoms with Crippen LogP contribution < -0.4 is 5.73 Å². The molecule has 0 saturated carbocycles. The predicted octanol–water partition coefficient (Wildman–Crippen LogP) is 1.33. The third kappa shape index (κ3) is 2.85. The smallest absolute Gasteiger partial charge is 0.290 e. The van der Waals surface area contributed by atoms with Gasteiger partial charge in [0, 0.05) is 23.6 Å². The Hall–Kier alpha value is -1.03. The van der Waals surface area contributed by atoms with Crippen molar-refractivity contribution in [1.29, 1.82) is 0 Å². The van der Waals surface area contributed by atoms with Crippen LogP contribution in [0.5, 0.6) is 0 Å². The van der Waals surface area contributed by atoms with Crippen LogP contribution in [-0.4, -0.2) is 37.3 Å². The van der Waals surface area contributed by atoms with Gasteiger partial charge in [0.2, 0.25) is 10.0 Å². The SMILES string of the molecule is NCC1CCN(S(=O)(=O)c2ccc(Br)cc2[N+](=O)[O-])C1. The maximum Gasteiger partial charge on any atom is 0.290 e. The van der Waals surface area contributed by atoms with E-state index in [1.165, 1.54) is 22.5 Å². The van der Waals surface area contributed by atoms with Crippen molar-refractivity contribution in [2.45, 2.75) is 11.3 Å². The first-order chi connectivity index (χ1) is 9.36. The summed E-state index contributed by atoms with van der Waals surface area (Å²) in [5.41, 5.74) is 5.12. The van der Waals surface area contributed by atoms with Crippen LogP contribution in [-0.2, 0) is 10.0 Å². The summed E-state index contributed by atoms with van der Waals surface area (Å²) in [6.07, 6.45) is 0.681. The second-order valence-corrected chi connectivity index (χ2v) is 7.44. The van der Waals surface area contributed by atoms with Gasteiger partial charge in [0.15, 0.2) is 4.90 Å². The van der Waals surface area contributed by atoms with Crippen LogP contribution in [0.4, 0.5) is 5.69 Å². The molecular formula is C11H14BrN3O4S. The number of benzene rings is 1. The molecule has 0 amide bonds. The highest BCUT2D eigenvalue weighted by Gasteiger charge is 2.36. The highest BCUT2D eigenvalue weighted by atomic mass is 79.9. The Bertz CT molecular complexity index is 635. The van der Waals surface area contributed by atoms with E-state index in [1.807, 2.05) is 0 Å². The minimum atomic E-state index is -3.86. The monoisotopic (exact) mass is 363 g/mol. The topological polar surface area (TPSA) is 107 Å². The van der Waals surface area contributed by atoms with Crippen molar-refractivity contribution in [3.8, 4) is 0 Å². The number of nitro benzene ring substituents is 1. The van der Waals surface area contributed by atoms with Gasteiger partial charge in [-0.15, -0.1) is 0 Å². The van der Waals surface area contributed by atoms with Crippen LogP contribution in [0.2, 0.25) is 0 Å². The summed E-state index contributed by atoms with van der Waals surface area (Å²) < 4.78 is 26.7. The van der Waals surface area contributed by atoms with Gasteiger partial charge in [-0.3, -0.25) is 10.1 Å². The van der Waals surface area contributed by atoms with Crippen LogP contribution >= 0.6 is 15.9 Å². The van der Waals surface area contributed by atoms with Crippen molar-refractivity contribution in [3.05, 3.63) is 32.8 Å². The number of nitrogens with zero attached hydrogens (tertiary/aromatic N) is 2. The number of halogens is 1. The van der Waals surface area contributed by atoms with Crippen molar-refractivity contribution in [2.75, 3.05) is 19.6 Å². The molecule has 1 atom stereocenters. The van der Waals surface area contributed by atoms with Crippen molar-refractivity contribution in [2.24, 2.45) is 11.7 Å². The number of hydrogen-bond donors (Lipinski definition) is 1. The predicted molar refractivity (Wildman–Crippen MR) is 76.7 cm³/mol. The molecule has 9 heteroatoms. The molecule has 0 aromatic heterocycles. The van der Waals surface area contributed by atoms with E-state index in [0.717, 1.165) is 0 Å². The Labute approximate surface area is 125 Å². The van der Waals surface area contributed by atoms with E-state index in [2.05, 4.69) is 15.9 Å². The normalized spacial score (nSPS) is 20.2. The van der Waals surface area contributed by atoms with Crippen molar-refractivity contribution >= 4 is 31.6 Å². The Kier molecular flexibility index (Phi) is 4.43. The van der Waals surface area contributed by atoms with Crippen LogP contribution in [0, 0.1) is 16.0 Å². The van der Waals surface area contributed by atoms with Gasteiger partial charge in [-0.25, -0.2) is 8.42 Å². The van der Waals surface area contributed by atoms with Crippen molar-refractivity contribution < 1.29 is 13.3 Å². The van der Waals surface area contributed by atoms with Gasteiger partial charge in [0.1, 0.15) is 0 Å². The molecule has 1 fully saturated rings. The lowest BCUT2D eigenvalue weighted by atomic mass is 10.1. The maximum absolute atomic E-state index is 12.5. The molecule has 1 saturated heterocycles. The summed E-state index contributed by atoms with van der Waals surface area (Å²) >= 11 is 3.11. The molecule has 1 aromatic rings. The zero-order valence-corrected chi connectivity index (χ0v) is 12.9. The lowest BCUT2D eigenvalue weighted by molar-refractivity contribution is -0.387. The first-order valence-corrected chi connectivity index (χ1v) is 8.23. The lowest BCUT2D eigenvalue weighted by Gasteiger charge is -2.16. The molecule has 7 nitrogen and oxygen atoms in total. The van der Waals surface area contributed by atoms with E-state index in [9.17, 15) is 18.5 Å². The number of nitro groups is 1. The average molecular weight is 364 g/mol. The van der Waals surface area contributed by atoms with E-state index >= 15 is 0 Å². The number of hydrogen-bond acceptors (Lipinski definition) is 5. The standard InChI is InChI=1S/C11H14BrN3O4S/c12-9-1-2-11(10(5-9)15(16)17)20(18,19)14-4-3-8(6-13)7-14/h1-2,5,8H,3-4,6-7,13H2. The molecule has 1 unspecified atom stereocenters. The van der Waals surface area contributed by atoms with Gasteiger partial charge in [0.25, 0.3) is 5.69 Å². The number of sulfonamides is 1. The van der Waals surface area contributed by atoms with Gasteiger partial charge >= 0.3 is 0 Å². The quantitative estimate of drug-likeness (QED) is 0.641. The first kappa shape index (κ1) is 15.4. The van der Waals surface area contributed by atoms with Crippen molar-refractivity contribution in [3.63, 3.8) is 0 Å². The molecule has 0 bridgehead atoms.